The Morgan fingerprint density at radius 3 is 0.807 bits per heavy atom. The average Bonchev–Trinajstić information content (AvgIpc) is 4.48. The molecule has 0 atom stereocenters. The van der Waals surface area contributed by atoms with Gasteiger partial charge in [0.2, 0.25) is 0 Å². The summed E-state index contributed by atoms with van der Waals surface area (Å²) in [4.78, 5) is 0. The van der Waals surface area contributed by atoms with E-state index < -0.39 is 0 Å². The summed E-state index contributed by atoms with van der Waals surface area (Å²) in [7, 11) is 0. The molecule has 0 amide bonds. The molecule has 0 saturated heterocycles. The van der Waals surface area contributed by atoms with Crippen LogP contribution in [0.1, 0.15) is 97.2 Å². The maximum absolute atomic E-state index is 2.33. The second-order valence-electron chi connectivity index (χ2n) is 21.9. The molecule has 0 nitrogen and oxygen atoms in total. The minimum Gasteiger partial charge on any atom is -0.165 e. The predicted octanol–water partition coefficient (Wildman–Crippen LogP) is 24.8. The van der Waals surface area contributed by atoms with Crippen molar-refractivity contribution in [3.63, 3.8) is 0 Å². The van der Waals surface area contributed by atoms with Crippen molar-refractivity contribution in [1.82, 2.24) is 0 Å². The third-order valence-corrected chi connectivity index (χ3v) is 13.8. The van der Waals surface area contributed by atoms with Gasteiger partial charge in [-0.2, -0.15) is 36.4 Å². The summed E-state index contributed by atoms with van der Waals surface area (Å²) < 4.78 is 0. The maximum atomic E-state index is 2.33. The van der Waals surface area contributed by atoms with Crippen molar-refractivity contribution in [2.75, 3.05) is 0 Å². The summed E-state index contributed by atoms with van der Waals surface area (Å²) in [6.07, 6.45) is 6.80. The van der Waals surface area contributed by atoms with E-state index in [0.717, 1.165) is 38.5 Å². The number of hydrogen-bond acceptors (Lipinski definition) is 0. The van der Waals surface area contributed by atoms with E-state index in [4.69, 9.17) is 0 Å². The van der Waals surface area contributed by atoms with Crippen LogP contribution in [0.15, 0.2) is 194 Å². The van der Waals surface area contributed by atoms with Gasteiger partial charge in [-0.15, -0.1) is 294 Å². The third-order valence-electron chi connectivity index (χ3n) is 13.8. The van der Waals surface area contributed by atoms with Gasteiger partial charge in [0.1, 0.15) is 0 Å². The van der Waals surface area contributed by atoms with Crippen LogP contribution in [0.2, 0.25) is 39.3 Å². The van der Waals surface area contributed by atoms with Crippen molar-refractivity contribution in [2.24, 2.45) is 0 Å². The minimum atomic E-state index is 0. The molecule has 0 bridgehead atoms. The first-order valence-electron chi connectivity index (χ1n) is 29.7. The van der Waals surface area contributed by atoms with Crippen molar-refractivity contribution in [1.29, 1.82) is 0 Å². The molecule has 0 heterocycles. The van der Waals surface area contributed by atoms with Gasteiger partial charge in [-0.1, -0.05) is 114 Å². The summed E-state index contributed by atoms with van der Waals surface area (Å²) in [5, 5.41) is 16.7. The molecule has 0 N–H and O–H groups in total. The van der Waals surface area contributed by atoms with Crippen LogP contribution in [0.25, 0.3) is 64.6 Å². The molecule has 0 unspecified atom stereocenters. The Bertz CT molecular complexity index is 3550. The fraction of sp³-hybridized carbons (Fsp3) is 0.289. The number of fused-ring (bicyclic) bond motifs is 6. The summed E-state index contributed by atoms with van der Waals surface area (Å²) in [6, 6.07) is 70.2. The topological polar surface area (TPSA) is 0 Å². The van der Waals surface area contributed by atoms with Gasteiger partial charge < -0.3 is 0 Å². The SMILES string of the molecule is CCc1cc2c(CC)cccc2[cH-]1.CCc1cc2c(CC)cccc2[cH-]1.CCc1cc2ccccc2[cH-]1.CCc1cc2ccccc2[cH-]1.C[Si](C)=[Zr+2].C[Si](C)=[Zr+2].C[Si](C)=[Zr+2].Cc1cc2c(C)cccc2[cH-]1.Cc1cc2c(C)cccc2[cH-]1.Cl.Cl.Cl.Cl.Cl.Cl. The Hall–Kier alpha value is -1.98. The first-order valence-corrected chi connectivity index (χ1v) is 48.2. The third kappa shape index (κ3) is 31.3. The van der Waals surface area contributed by atoms with Gasteiger partial charge in [0.15, 0.2) is 0 Å². The molecule has 12 aromatic carbocycles. The number of aryl methyl sites for hydroxylation is 10. The van der Waals surface area contributed by atoms with Crippen LogP contribution in [0, 0.1) is 27.7 Å². The average molecular weight is 1580 g/mol. The Morgan fingerprint density at radius 1 is 0.284 bits per heavy atom. The molecule has 0 saturated carbocycles. The normalized spacial score (nSPS) is 9.52. The Morgan fingerprint density at radius 2 is 0.534 bits per heavy atom. The molecule has 88 heavy (non-hydrogen) atoms. The fourth-order valence-corrected chi connectivity index (χ4v) is 9.67. The quantitative estimate of drug-likeness (QED) is 0.115. The van der Waals surface area contributed by atoms with E-state index in [1.807, 2.05) is 0 Å². The largest absolute Gasteiger partial charge is 0.165 e. The van der Waals surface area contributed by atoms with Crippen molar-refractivity contribution < 1.29 is 70.0 Å². The van der Waals surface area contributed by atoms with Crippen molar-refractivity contribution in [3.8, 4) is 0 Å². The molecule has 12 aromatic rings. The number of halogens is 6. The van der Waals surface area contributed by atoms with Crippen molar-refractivity contribution in [2.45, 2.75) is 147 Å². The predicted molar refractivity (Wildman–Crippen MR) is 408 cm³/mol. The smallest absolute Gasteiger partial charge is 0.0488 e. The molecule has 0 radical (unpaired) electrons. The van der Waals surface area contributed by atoms with E-state index in [2.05, 4.69) is 303 Å². The molecular weight excluding hydrogens is 1480 g/mol. The van der Waals surface area contributed by atoms with Crippen molar-refractivity contribution >= 4 is 155 Å². The number of hydrogen-bond donors (Lipinski definition) is 0. The van der Waals surface area contributed by atoms with Gasteiger partial charge in [-0.3, -0.25) is 0 Å². The van der Waals surface area contributed by atoms with E-state index in [1.54, 1.807) is 70.0 Å². The van der Waals surface area contributed by atoms with E-state index >= 15 is 0 Å². The second kappa shape index (κ2) is 48.7. The minimum absolute atomic E-state index is 0. The zero-order valence-electron chi connectivity index (χ0n) is 55.2. The summed E-state index contributed by atoms with van der Waals surface area (Å²) >= 11 is 5.22. The zero-order valence-corrected chi connectivity index (χ0v) is 70.4. The maximum Gasteiger partial charge on any atom is -0.0488 e. The van der Waals surface area contributed by atoms with Crippen LogP contribution in [-0.4, -0.2) is 16.3 Å². The van der Waals surface area contributed by atoms with E-state index in [1.165, 1.54) is 120 Å². The van der Waals surface area contributed by atoms with Crippen LogP contribution in [0.5, 0.6) is 0 Å². The van der Waals surface area contributed by atoms with Gasteiger partial charge in [0, 0.05) is 0 Å². The molecule has 0 aromatic heterocycles. The summed E-state index contributed by atoms with van der Waals surface area (Å²) in [6.45, 7) is 35.7. The fourth-order valence-electron chi connectivity index (χ4n) is 9.67. The Balaban J connectivity index is -0.000000938. The van der Waals surface area contributed by atoms with Gasteiger partial charge in [0.25, 0.3) is 0 Å². The molecule has 0 aliphatic heterocycles. The van der Waals surface area contributed by atoms with Crippen LogP contribution < -0.4 is 0 Å². The molecule has 0 fully saturated rings. The molecule has 12 rings (SSSR count). The van der Waals surface area contributed by atoms with Crippen LogP contribution in [-0.2, 0) is 109 Å². The molecule has 0 spiro atoms. The molecule has 0 aliphatic carbocycles. The Kier molecular flexibility index (Phi) is 49.9. The molecule has 0 aliphatic rings. The van der Waals surface area contributed by atoms with Crippen molar-refractivity contribution in [3.05, 3.63) is 250 Å². The Labute approximate surface area is 614 Å². The van der Waals surface area contributed by atoms with Crippen LogP contribution in [0.3, 0.4) is 0 Å². The van der Waals surface area contributed by atoms with Crippen LogP contribution >= 0.6 is 74.4 Å². The summed E-state index contributed by atoms with van der Waals surface area (Å²) in [5.74, 6) is 0. The zero-order chi connectivity index (χ0) is 60.3. The first kappa shape index (κ1) is 90.2. The van der Waals surface area contributed by atoms with E-state index in [0.29, 0.717) is 0 Å². The summed E-state index contributed by atoms with van der Waals surface area (Å²) in [5.41, 5.74) is 14.8. The van der Waals surface area contributed by atoms with E-state index in [9.17, 15) is 0 Å². The second-order valence-corrected chi connectivity index (χ2v) is 50.0. The van der Waals surface area contributed by atoms with Gasteiger partial charge in [-0.05, 0) is 52.4 Å². The van der Waals surface area contributed by atoms with Crippen LogP contribution in [0.4, 0.5) is 0 Å². The number of rotatable bonds is 6. The van der Waals surface area contributed by atoms with Gasteiger partial charge >= 0.3 is 126 Å². The number of benzene rings is 6. The van der Waals surface area contributed by atoms with Gasteiger partial charge in [-0.25, -0.2) is 0 Å². The molecule has 12 heteroatoms. The van der Waals surface area contributed by atoms with Gasteiger partial charge in [0.05, 0.1) is 0 Å². The molecular formula is C76H98Cl6Si3Zr3. The first-order chi connectivity index (χ1) is 39.2. The standard InChI is InChI=1S/2C13H15.4C11H11.3C2H6Si.6ClH.3Zr/c2*1-3-10-8-12-7-5-6-11(4-2)13(12)9-10;2*1-8-6-10-5-3-4-9(2)11(10)7-8;2*1-2-9-7-10-5-3-4-6-11(10)8-9;3*1-3-2;;;;;;;;;/h2*5-9H,3-4H2,1-2H3;2*3-7H,1-2H3;2*3-8H,2H2,1H3;3*1-2H3;6*1H;;;/q6*-1;;;;;;;;;;3*+2. The monoisotopic (exact) mass is 1570 g/mol. The van der Waals surface area contributed by atoms with E-state index in [-0.39, 0.29) is 90.7 Å². The molecule has 468 valence electrons.